The van der Waals surface area contributed by atoms with E-state index in [1.54, 1.807) is 0 Å². The molecule has 3 rings (SSSR count). The van der Waals surface area contributed by atoms with Gasteiger partial charge in [-0.1, -0.05) is 26.2 Å². The highest BCUT2D eigenvalue weighted by atomic mass is 16.5. The first-order valence-corrected chi connectivity index (χ1v) is 9.24. The van der Waals surface area contributed by atoms with E-state index in [2.05, 4.69) is 22.1 Å². The maximum absolute atomic E-state index is 5.63. The van der Waals surface area contributed by atoms with Crippen LogP contribution in [-0.4, -0.2) is 50.8 Å². The second kappa shape index (κ2) is 7.20. The van der Waals surface area contributed by atoms with Gasteiger partial charge >= 0.3 is 0 Å². The summed E-state index contributed by atoms with van der Waals surface area (Å²) < 4.78 is 5.63. The van der Waals surface area contributed by atoms with Gasteiger partial charge in [0.1, 0.15) is 0 Å². The highest BCUT2D eigenvalue weighted by molar-refractivity contribution is 5.80. The Balaban J connectivity index is 1.43. The minimum Gasteiger partial charge on any atom is -0.381 e. The van der Waals surface area contributed by atoms with Crippen molar-refractivity contribution < 1.29 is 4.74 Å². The second-order valence-corrected chi connectivity index (χ2v) is 7.87. The van der Waals surface area contributed by atoms with Crippen molar-refractivity contribution in [3.8, 4) is 0 Å². The molecule has 0 amide bonds. The van der Waals surface area contributed by atoms with E-state index in [1.807, 2.05) is 7.05 Å². The number of nitrogens with zero attached hydrogens (tertiary/aromatic N) is 2. The van der Waals surface area contributed by atoms with E-state index in [4.69, 9.17) is 4.74 Å². The van der Waals surface area contributed by atoms with Crippen LogP contribution in [0.4, 0.5) is 0 Å². The van der Waals surface area contributed by atoms with E-state index < -0.39 is 0 Å². The lowest BCUT2D eigenvalue weighted by Crippen LogP contribution is -2.42. The summed E-state index contributed by atoms with van der Waals surface area (Å²) in [6.07, 6.45) is 9.48. The summed E-state index contributed by atoms with van der Waals surface area (Å²) in [5.41, 5.74) is 0.413. The summed E-state index contributed by atoms with van der Waals surface area (Å²) in [6.45, 7) is 7.62. The molecule has 4 nitrogen and oxygen atoms in total. The average Bonchev–Trinajstić information content (AvgIpc) is 3.14. The molecule has 1 N–H and O–H groups in total. The largest absolute Gasteiger partial charge is 0.381 e. The Kier molecular flexibility index (Phi) is 5.27. The van der Waals surface area contributed by atoms with Gasteiger partial charge in [-0.2, -0.15) is 0 Å². The maximum Gasteiger partial charge on any atom is 0.193 e. The summed E-state index contributed by atoms with van der Waals surface area (Å²) in [4.78, 5) is 6.96. The second-order valence-electron chi connectivity index (χ2n) is 7.87. The van der Waals surface area contributed by atoms with Crippen molar-refractivity contribution in [2.75, 3.05) is 39.9 Å². The molecule has 126 valence electrons. The van der Waals surface area contributed by atoms with Crippen LogP contribution >= 0.6 is 0 Å². The third kappa shape index (κ3) is 3.76. The fraction of sp³-hybridized carbons (Fsp3) is 0.944. The van der Waals surface area contributed by atoms with Crippen LogP contribution in [0.15, 0.2) is 4.99 Å². The van der Waals surface area contributed by atoms with Crippen molar-refractivity contribution in [3.63, 3.8) is 0 Å². The number of nitrogens with one attached hydrogen (secondary N) is 1. The zero-order valence-corrected chi connectivity index (χ0v) is 14.4. The van der Waals surface area contributed by atoms with Crippen LogP contribution in [0.5, 0.6) is 0 Å². The molecule has 2 aliphatic heterocycles. The Morgan fingerprint density at radius 3 is 3.00 bits per heavy atom. The van der Waals surface area contributed by atoms with Gasteiger partial charge in [-0.15, -0.1) is 0 Å². The Bertz CT molecular complexity index is 390. The van der Waals surface area contributed by atoms with Crippen molar-refractivity contribution >= 4 is 5.96 Å². The molecule has 1 spiro atoms. The molecule has 0 bridgehead atoms. The quantitative estimate of drug-likeness (QED) is 0.643. The first-order valence-electron chi connectivity index (χ1n) is 9.24. The highest BCUT2D eigenvalue weighted by Crippen LogP contribution is 2.38. The number of rotatable bonds is 3. The van der Waals surface area contributed by atoms with Gasteiger partial charge in [-0.25, -0.2) is 0 Å². The molecular weight excluding hydrogens is 274 g/mol. The van der Waals surface area contributed by atoms with Crippen molar-refractivity contribution in [1.29, 1.82) is 0 Å². The third-order valence-corrected chi connectivity index (χ3v) is 6.02. The Morgan fingerprint density at radius 1 is 1.36 bits per heavy atom. The van der Waals surface area contributed by atoms with Crippen LogP contribution in [0.1, 0.15) is 51.9 Å². The van der Waals surface area contributed by atoms with Crippen LogP contribution in [0.25, 0.3) is 0 Å². The third-order valence-electron chi connectivity index (χ3n) is 6.02. The summed E-state index contributed by atoms with van der Waals surface area (Å²) in [7, 11) is 1.92. The molecule has 3 atom stereocenters. The van der Waals surface area contributed by atoms with E-state index in [0.717, 1.165) is 50.6 Å². The molecule has 0 aromatic rings. The van der Waals surface area contributed by atoms with Crippen LogP contribution in [0.2, 0.25) is 0 Å². The van der Waals surface area contributed by atoms with Gasteiger partial charge in [0, 0.05) is 38.7 Å². The highest BCUT2D eigenvalue weighted by Gasteiger charge is 2.42. The van der Waals surface area contributed by atoms with Gasteiger partial charge in [0.15, 0.2) is 5.96 Å². The number of aliphatic imine (C=N–C) groups is 1. The summed E-state index contributed by atoms with van der Waals surface area (Å²) in [5, 5.41) is 3.61. The van der Waals surface area contributed by atoms with E-state index >= 15 is 0 Å². The minimum atomic E-state index is 0.413. The van der Waals surface area contributed by atoms with Crippen molar-refractivity contribution in [2.24, 2.45) is 22.2 Å². The van der Waals surface area contributed by atoms with Gasteiger partial charge in [-0.3, -0.25) is 4.99 Å². The molecule has 3 unspecified atom stereocenters. The van der Waals surface area contributed by atoms with E-state index in [9.17, 15) is 0 Å². The molecule has 1 aliphatic carbocycles. The molecule has 22 heavy (non-hydrogen) atoms. The maximum atomic E-state index is 5.63. The zero-order chi connectivity index (χ0) is 15.4. The SMILES string of the molecule is CN=C(NCCC1CCCC(C)C1)N1CCC2(CCOC2)C1. The average molecular weight is 307 g/mol. The van der Waals surface area contributed by atoms with Crippen LogP contribution in [0, 0.1) is 17.3 Å². The van der Waals surface area contributed by atoms with E-state index in [1.165, 1.54) is 44.9 Å². The first-order chi connectivity index (χ1) is 10.7. The molecule has 4 heteroatoms. The van der Waals surface area contributed by atoms with Gasteiger partial charge in [0.2, 0.25) is 0 Å². The molecule has 0 radical (unpaired) electrons. The fourth-order valence-electron chi connectivity index (χ4n) is 4.63. The smallest absolute Gasteiger partial charge is 0.193 e. The number of hydrogen-bond acceptors (Lipinski definition) is 2. The van der Waals surface area contributed by atoms with Gasteiger partial charge in [-0.05, 0) is 37.5 Å². The molecule has 3 fully saturated rings. The first kappa shape index (κ1) is 16.1. The number of guanidine groups is 1. The Morgan fingerprint density at radius 2 is 2.27 bits per heavy atom. The summed E-state index contributed by atoms with van der Waals surface area (Å²) >= 11 is 0. The summed E-state index contributed by atoms with van der Waals surface area (Å²) in [6, 6.07) is 0. The van der Waals surface area contributed by atoms with Crippen LogP contribution in [0.3, 0.4) is 0 Å². The molecule has 3 aliphatic rings. The van der Waals surface area contributed by atoms with Crippen molar-refractivity contribution in [2.45, 2.75) is 51.9 Å². The van der Waals surface area contributed by atoms with Gasteiger partial charge < -0.3 is 15.0 Å². The van der Waals surface area contributed by atoms with Crippen LogP contribution in [-0.2, 0) is 4.74 Å². The Labute approximate surface area is 135 Å². The number of likely N-dealkylation sites (tertiary alicyclic amines) is 1. The van der Waals surface area contributed by atoms with Gasteiger partial charge in [0.25, 0.3) is 0 Å². The molecule has 0 aromatic carbocycles. The van der Waals surface area contributed by atoms with Gasteiger partial charge in [0.05, 0.1) is 6.61 Å². The molecule has 0 aromatic heterocycles. The minimum absolute atomic E-state index is 0.413. The number of ether oxygens (including phenoxy) is 1. The Hall–Kier alpha value is -0.770. The number of hydrogen-bond donors (Lipinski definition) is 1. The predicted molar refractivity (Wildman–Crippen MR) is 91.2 cm³/mol. The van der Waals surface area contributed by atoms with E-state index in [-0.39, 0.29) is 0 Å². The zero-order valence-electron chi connectivity index (χ0n) is 14.4. The van der Waals surface area contributed by atoms with Crippen molar-refractivity contribution in [1.82, 2.24) is 10.2 Å². The lowest BCUT2D eigenvalue weighted by Gasteiger charge is -2.28. The lowest BCUT2D eigenvalue weighted by molar-refractivity contribution is 0.156. The fourth-order valence-corrected chi connectivity index (χ4v) is 4.63. The lowest BCUT2D eigenvalue weighted by atomic mass is 9.81. The molecular formula is C18H33N3O. The predicted octanol–water partition coefficient (Wildman–Crippen LogP) is 2.89. The van der Waals surface area contributed by atoms with E-state index in [0.29, 0.717) is 5.41 Å². The normalized spacial score (nSPS) is 36.3. The van der Waals surface area contributed by atoms with Crippen LogP contribution < -0.4 is 5.32 Å². The standard InChI is InChI=1S/C18H33N3O/c1-15-4-3-5-16(12-15)6-9-20-17(19-2)21-10-7-18(13-21)8-11-22-14-18/h15-16H,3-14H2,1-2H3,(H,19,20). The molecule has 2 saturated heterocycles. The topological polar surface area (TPSA) is 36.9 Å². The monoisotopic (exact) mass is 307 g/mol. The van der Waals surface area contributed by atoms with Crippen molar-refractivity contribution in [3.05, 3.63) is 0 Å². The molecule has 1 saturated carbocycles. The summed E-state index contributed by atoms with van der Waals surface area (Å²) in [5.74, 6) is 2.95. The molecule has 2 heterocycles.